The van der Waals surface area contributed by atoms with Gasteiger partial charge in [-0.2, -0.15) is 0 Å². The van der Waals surface area contributed by atoms with Gasteiger partial charge < -0.3 is 5.73 Å². The molecule has 4 heteroatoms. The summed E-state index contributed by atoms with van der Waals surface area (Å²) in [6.07, 6.45) is 2.82. The highest BCUT2D eigenvalue weighted by Crippen LogP contribution is 2.18. The summed E-state index contributed by atoms with van der Waals surface area (Å²) in [5.41, 5.74) is 5.73. The molecule has 3 nitrogen and oxygen atoms in total. The van der Waals surface area contributed by atoms with Gasteiger partial charge in [-0.25, -0.2) is 8.51 Å². The molecule has 0 aromatic carbocycles. The Hall–Kier alpha value is 0.0700. The molecule has 0 amide bonds. The summed E-state index contributed by atoms with van der Waals surface area (Å²) >= 11 is 0. The second kappa shape index (κ2) is 3.65. The van der Waals surface area contributed by atoms with Crippen molar-refractivity contribution < 1.29 is 4.21 Å². The molecule has 0 radical (unpaired) electrons. The maximum atomic E-state index is 11.0. The quantitative estimate of drug-likeness (QED) is 0.641. The van der Waals surface area contributed by atoms with Crippen LogP contribution in [0.5, 0.6) is 0 Å². The van der Waals surface area contributed by atoms with Crippen LogP contribution in [0.2, 0.25) is 0 Å². The third-order valence-electron chi connectivity index (χ3n) is 2.29. The van der Waals surface area contributed by atoms with Gasteiger partial charge >= 0.3 is 0 Å². The zero-order valence-corrected chi connectivity index (χ0v) is 7.93. The summed E-state index contributed by atoms with van der Waals surface area (Å²) < 4.78 is 13.0. The van der Waals surface area contributed by atoms with Crippen LogP contribution in [0.25, 0.3) is 0 Å². The first-order valence-corrected chi connectivity index (χ1v) is 5.47. The summed E-state index contributed by atoms with van der Waals surface area (Å²) in [6.45, 7) is 3.86. The van der Waals surface area contributed by atoms with Crippen molar-refractivity contribution in [2.45, 2.75) is 19.4 Å². The molecule has 1 heterocycles. The van der Waals surface area contributed by atoms with Crippen LogP contribution in [0, 0.1) is 5.92 Å². The highest BCUT2D eigenvalue weighted by Gasteiger charge is 2.26. The molecule has 3 unspecified atom stereocenters. The van der Waals surface area contributed by atoms with Gasteiger partial charge in [-0.1, -0.05) is 0 Å². The molecule has 1 rings (SSSR count). The van der Waals surface area contributed by atoms with Gasteiger partial charge in [0.1, 0.15) is 0 Å². The van der Waals surface area contributed by atoms with E-state index in [1.54, 1.807) is 6.26 Å². The standard InChI is InChI=1S/C7H16N2OS/c1-6(8)7-3-4-9(5-7)11(2)10/h6-7H,3-5,8H2,1-2H3. The van der Waals surface area contributed by atoms with Gasteiger partial charge in [0.2, 0.25) is 0 Å². The predicted octanol–water partition coefficient (Wildman–Crippen LogP) is -0.0510. The summed E-state index contributed by atoms with van der Waals surface area (Å²) in [6, 6.07) is 0.239. The van der Waals surface area contributed by atoms with E-state index in [4.69, 9.17) is 5.73 Å². The minimum absolute atomic E-state index is 0.239. The van der Waals surface area contributed by atoms with Crippen LogP contribution in [0.1, 0.15) is 13.3 Å². The molecule has 0 aliphatic carbocycles. The Morgan fingerprint density at radius 3 is 2.64 bits per heavy atom. The minimum atomic E-state index is -0.800. The molecule has 0 bridgehead atoms. The maximum Gasteiger partial charge on any atom is 0.0910 e. The van der Waals surface area contributed by atoms with E-state index in [2.05, 4.69) is 0 Å². The number of hydrogen-bond acceptors (Lipinski definition) is 2. The SMILES string of the molecule is CC(N)C1CCN(S(C)=O)C1. The summed E-state index contributed by atoms with van der Waals surface area (Å²) in [5, 5.41) is 0. The fourth-order valence-electron chi connectivity index (χ4n) is 1.42. The molecule has 1 aliphatic heterocycles. The fourth-order valence-corrected chi connectivity index (χ4v) is 2.18. The van der Waals surface area contributed by atoms with E-state index in [0.717, 1.165) is 19.5 Å². The highest BCUT2D eigenvalue weighted by molar-refractivity contribution is 7.81. The highest BCUT2D eigenvalue weighted by atomic mass is 32.2. The van der Waals surface area contributed by atoms with E-state index in [1.807, 2.05) is 11.2 Å². The fraction of sp³-hybridized carbons (Fsp3) is 1.00. The van der Waals surface area contributed by atoms with Crippen molar-refractivity contribution >= 4 is 11.0 Å². The Balaban J connectivity index is 2.41. The average Bonchev–Trinajstić information content (AvgIpc) is 2.33. The molecule has 66 valence electrons. The summed E-state index contributed by atoms with van der Waals surface area (Å²) in [5.74, 6) is 0.541. The molecule has 1 aliphatic rings. The summed E-state index contributed by atoms with van der Waals surface area (Å²) in [4.78, 5) is 0. The van der Waals surface area contributed by atoms with Gasteiger partial charge in [-0.05, 0) is 19.3 Å². The molecule has 1 saturated heterocycles. The third kappa shape index (κ3) is 2.25. The number of hydrogen-bond donors (Lipinski definition) is 1. The lowest BCUT2D eigenvalue weighted by Crippen LogP contribution is -2.30. The zero-order chi connectivity index (χ0) is 8.43. The average molecular weight is 176 g/mol. The smallest absolute Gasteiger partial charge is 0.0910 e. The Morgan fingerprint density at radius 1 is 1.73 bits per heavy atom. The van der Waals surface area contributed by atoms with E-state index in [-0.39, 0.29) is 6.04 Å². The molecule has 2 N–H and O–H groups in total. The van der Waals surface area contributed by atoms with Crippen molar-refractivity contribution in [1.82, 2.24) is 4.31 Å². The van der Waals surface area contributed by atoms with E-state index in [0.29, 0.717) is 5.92 Å². The van der Waals surface area contributed by atoms with Crippen molar-refractivity contribution in [1.29, 1.82) is 0 Å². The topological polar surface area (TPSA) is 46.3 Å². The second-order valence-corrected chi connectivity index (χ2v) is 4.58. The lowest BCUT2D eigenvalue weighted by atomic mass is 10.0. The molecule has 1 fully saturated rings. The van der Waals surface area contributed by atoms with Crippen molar-refractivity contribution in [3.63, 3.8) is 0 Å². The predicted molar refractivity (Wildman–Crippen MR) is 47.4 cm³/mol. The van der Waals surface area contributed by atoms with Crippen LogP contribution in [0.4, 0.5) is 0 Å². The Bertz CT molecular complexity index is 161. The van der Waals surface area contributed by atoms with Gasteiger partial charge in [0.25, 0.3) is 0 Å². The van der Waals surface area contributed by atoms with Gasteiger partial charge in [-0.3, -0.25) is 0 Å². The van der Waals surface area contributed by atoms with Crippen LogP contribution >= 0.6 is 0 Å². The summed E-state index contributed by atoms with van der Waals surface area (Å²) in [7, 11) is -0.800. The molecule has 11 heavy (non-hydrogen) atoms. The number of nitrogens with two attached hydrogens (primary N) is 1. The third-order valence-corrected chi connectivity index (χ3v) is 3.35. The molecule has 0 spiro atoms. The molecule has 0 aromatic rings. The van der Waals surface area contributed by atoms with Crippen LogP contribution < -0.4 is 5.73 Å². The van der Waals surface area contributed by atoms with E-state index in [9.17, 15) is 4.21 Å². The van der Waals surface area contributed by atoms with Crippen molar-refractivity contribution in [3.8, 4) is 0 Å². The van der Waals surface area contributed by atoms with Gasteiger partial charge in [0.15, 0.2) is 0 Å². The van der Waals surface area contributed by atoms with E-state index < -0.39 is 11.0 Å². The van der Waals surface area contributed by atoms with Gasteiger partial charge in [-0.15, -0.1) is 0 Å². The molecule has 3 atom stereocenters. The number of rotatable bonds is 2. The first kappa shape index (κ1) is 9.16. The van der Waals surface area contributed by atoms with Crippen molar-refractivity contribution in [3.05, 3.63) is 0 Å². The van der Waals surface area contributed by atoms with E-state index >= 15 is 0 Å². The van der Waals surface area contributed by atoms with Crippen molar-refractivity contribution in [2.24, 2.45) is 11.7 Å². The Morgan fingerprint density at radius 2 is 2.36 bits per heavy atom. The Kier molecular flexibility index (Phi) is 3.04. The largest absolute Gasteiger partial charge is 0.328 e. The second-order valence-electron chi connectivity index (χ2n) is 3.22. The molecular weight excluding hydrogens is 160 g/mol. The molecule has 0 aromatic heterocycles. The lowest BCUT2D eigenvalue weighted by molar-refractivity contribution is 0.448. The maximum absolute atomic E-state index is 11.0. The zero-order valence-electron chi connectivity index (χ0n) is 7.12. The van der Waals surface area contributed by atoms with Gasteiger partial charge in [0, 0.05) is 25.4 Å². The normalized spacial score (nSPS) is 32.1. The van der Waals surface area contributed by atoms with Crippen molar-refractivity contribution in [2.75, 3.05) is 19.3 Å². The van der Waals surface area contributed by atoms with Crippen LogP contribution in [0.15, 0.2) is 0 Å². The number of nitrogens with zero attached hydrogens (tertiary/aromatic N) is 1. The molecule has 0 saturated carbocycles. The van der Waals surface area contributed by atoms with E-state index in [1.165, 1.54) is 0 Å². The Labute approximate surface area is 70.5 Å². The molecular formula is C7H16N2OS. The van der Waals surface area contributed by atoms with Crippen LogP contribution in [-0.2, 0) is 11.0 Å². The minimum Gasteiger partial charge on any atom is -0.328 e. The lowest BCUT2D eigenvalue weighted by Gasteiger charge is -2.14. The first-order valence-electron chi connectivity index (χ1n) is 3.95. The van der Waals surface area contributed by atoms with Gasteiger partial charge in [0.05, 0.1) is 11.0 Å². The van der Waals surface area contributed by atoms with Crippen LogP contribution in [-0.4, -0.2) is 33.9 Å². The van der Waals surface area contributed by atoms with Crippen LogP contribution in [0.3, 0.4) is 0 Å². The monoisotopic (exact) mass is 176 g/mol. The first-order chi connectivity index (χ1) is 5.11.